The summed E-state index contributed by atoms with van der Waals surface area (Å²) in [6, 6.07) is 14.0. The molecule has 0 bridgehead atoms. The van der Waals surface area contributed by atoms with E-state index in [1.165, 1.54) is 17.5 Å². The molecule has 8 heteroatoms. The van der Waals surface area contributed by atoms with E-state index in [1.54, 1.807) is 6.07 Å². The van der Waals surface area contributed by atoms with Crippen molar-refractivity contribution in [2.45, 2.75) is 51.7 Å². The van der Waals surface area contributed by atoms with Crippen LogP contribution in [0.25, 0.3) is 0 Å². The van der Waals surface area contributed by atoms with Crippen molar-refractivity contribution in [2.75, 3.05) is 6.54 Å². The van der Waals surface area contributed by atoms with Gasteiger partial charge >= 0.3 is 0 Å². The highest BCUT2D eigenvalue weighted by Crippen LogP contribution is 2.32. The van der Waals surface area contributed by atoms with Crippen molar-refractivity contribution in [3.8, 4) is 0 Å². The van der Waals surface area contributed by atoms with Crippen LogP contribution in [0.15, 0.2) is 65.5 Å². The first-order chi connectivity index (χ1) is 16.8. The average Bonchev–Trinajstić information content (AvgIpc) is 3.32. The second-order valence-electron chi connectivity index (χ2n) is 9.59. The maximum Gasteiger partial charge on any atom is 0.292 e. The number of nitrogens with zero attached hydrogens (tertiary/aromatic N) is 2. The molecule has 0 saturated carbocycles. The van der Waals surface area contributed by atoms with Crippen molar-refractivity contribution >= 4 is 17.7 Å². The number of rotatable bonds is 6. The molecule has 1 aliphatic heterocycles. The number of oxazole rings is 1. The highest BCUT2D eigenvalue weighted by Gasteiger charge is 2.40. The fourth-order valence-electron chi connectivity index (χ4n) is 4.32. The van der Waals surface area contributed by atoms with E-state index in [0.717, 1.165) is 24.0 Å². The topological polar surface area (TPSA) is 105 Å². The number of hydrogen-bond donors (Lipinski definition) is 2. The second kappa shape index (κ2) is 10.1. The first-order valence-corrected chi connectivity index (χ1v) is 11.7. The number of carbonyl (C=O) groups is 3. The van der Waals surface area contributed by atoms with Crippen LogP contribution in [0.4, 0.5) is 0 Å². The number of amides is 3. The molecule has 182 valence electrons. The Bertz CT molecular complexity index is 1200. The van der Waals surface area contributed by atoms with Gasteiger partial charge in [-0.1, -0.05) is 42.5 Å². The fourth-order valence-corrected chi connectivity index (χ4v) is 4.32. The summed E-state index contributed by atoms with van der Waals surface area (Å²) >= 11 is 0. The van der Waals surface area contributed by atoms with Crippen molar-refractivity contribution in [2.24, 2.45) is 0 Å². The van der Waals surface area contributed by atoms with Gasteiger partial charge in [-0.3, -0.25) is 14.4 Å². The lowest BCUT2D eigenvalue weighted by Crippen LogP contribution is -2.52. The van der Waals surface area contributed by atoms with Crippen molar-refractivity contribution in [1.29, 1.82) is 0 Å². The molecule has 0 aliphatic carbocycles. The third-order valence-corrected chi connectivity index (χ3v) is 6.00. The van der Waals surface area contributed by atoms with Gasteiger partial charge in [-0.05, 0) is 56.4 Å². The van der Waals surface area contributed by atoms with E-state index >= 15 is 0 Å². The van der Waals surface area contributed by atoms with Gasteiger partial charge in [0.2, 0.25) is 11.7 Å². The number of carbonyl (C=O) groups excluding carboxylic acids is 3. The highest BCUT2D eigenvalue weighted by atomic mass is 16.3. The number of nitrogens with one attached hydrogen (secondary N) is 2. The Kier molecular flexibility index (Phi) is 7.00. The summed E-state index contributed by atoms with van der Waals surface area (Å²) in [5.41, 5.74) is 2.19. The van der Waals surface area contributed by atoms with Crippen LogP contribution < -0.4 is 10.6 Å². The van der Waals surface area contributed by atoms with Gasteiger partial charge in [0.05, 0.1) is 6.20 Å². The van der Waals surface area contributed by atoms with Gasteiger partial charge in [-0.15, -0.1) is 0 Å². The molecule has 8 nitrogen and oxygen atoms in total. The Morgan fingerprint density at radius 3 is 2.63 bits per heavy atom. The maximum atomic E-state index is 13.7. The average molecular weight is 475 g/mol. The molecule has 1 atom stereocenters. The summed E-state index contributed by atoms with van der Waals surface area (Å²) in [7, 11) is 0. The molecule has 2 N–H and O–H groups in total. The van der Waals surface area contributed by atoms with Crippen molar-refractivity contribution < 1.29 is 18.8 Å². The SMILES string of the molecule is CC(C)(C)N(C(=O)c1cnco1)C(C(=O)NCc1ccccc1)c1ccc2c(c1)C(=O)NCCC2. The van der Waals surface area contributed by atoms with Gasteiger partial charge in [0.1, 0.15) is 6.04 Å². The zero-order chi connectivity index (χ0) is 25.0. The lowest BCUT2D eigenvalue weighted by molar-refractivity contribution is -0.127. The van der Waals surface area contributed by atoms with Gasteiger partial charge < -0.3 is 20.0 Å². The van der Waals surface area contributed by atoms with Gasteiger partial charge in [-0.25, -0.2) is 4.98 Å². The molecule has 1 aromatic heterocycles. The largest absolute Gasteiger partial charge is 0.438 e. The predicted octanol–water partition coefficient (Wildman–Crippen LogP) is 3.65. The molecule has 3 amide bonds. The van der Waals surface area contributed by atoms with Crippen LogP contribution in [0.1, 0.15) is 70.8 Å². The van der Waals surface area contributed by atoms with E-state index in [0.29, 0.717) is 24.2 Å². The minimum Gasteiger partial charge on any atom is -0.438 e. The van der Waals surface area contributed by atoms with Crippen LogP contribution in [0, 0.1) is 0 Å². The molecule has 2 heterocycles. The first kappa shape index (κ1) is 24.2. The van der Waals surface area contributed by atoms with Crippen LogP contribution in [-0.4, -0.2) is 39.7 Å². The van der Waals surface area contributed by atoms with E-state index in [4.69, 9.17) is 4.42 Å². The number of hydrogen-bond acceptors (Lipinski definition) is 5. The molecule has 0 radical (unpaired) electrons. The van der Waals surface area contributed by atoms with Crippen LogP contribution in [0.5, 0.6) is 0 Å². The molecule has 4 rings (SSSR count). The van der Waals surface area contributed by atoms with Gasteiger partial charge in [0.25, 0.3) is 11.8 Å². The molecule has 3 aromatic rings. The van der Waals surface area contributed by atoms with Crippen molar-refractivity contribution in [3.63, 3.8) is 0 Å². The molecule has 0 spiro atoms. The summed E-state index contributed by atoms with van der Waals surface area (Å²) in [6.07, 6.45) is 4.13. The lowest BCUT2D eigenvalue weighted by atomic mass is 9.92. The van der Waals surface area contributed by atoms with Crippen molar-refractivity contribution in [3.05, 3.63) is 89.1 Å². The maximum absolute atomic E-state index is 13.7. The molecule has 0 saturated heterocycles. The number of fused-ring (bicyclic) bond motifs is 1. The molecule has 35 heavy (non-hydrogen) atoms. The quantitative estimate of drug-likeness (QED) is 0.568. The van der Waals surface area contributed by atoms with Crippen LogP contribution in [0.3, 0.4) is 0 Å². The van der Waals surface area contributed by atoms with E-state index in [9.17, 15) is 14.4 Å². The van der Waals surface area contributed by atoms with E-state index in [-0.39, 0.29) is 17.6 Å². The smallest absolute Gasteiger partial charge is 0.292 e. The molecule has 2 aromatic carbocycles. The Labute approximate surface area is 204 Å². The van der Waals surface area contributed by atoms with E-state index in [1.807, 2.05) is 63.2 Å². The standard InChI is InChI=1S/C27H30N4O4/c1-27(2,3)31(26(34)22-16-28-17-35-22)23(25(33)30-15-18-8-5-4-6-9-18)20-12-11-19-10-7-13-29-24(32)21(19)14-20/h4-6,8-9,11-12,14,16-17,23H,7,10,13,15H2,1-3H3,(H,29,32)(H,30,33). The monoisotopic (exact) mass is 474 g/mol. The minimum absolute atomic E-state index is 0.0355. The zero-order valence-corrected chi connectivity index (χ0v) is 20.2. The Morgan fingerprint density at radius 1 is 1.17 bits per heavy atom. The van der Waals surface area contributed by atoms with E-state index < -0.39 is 17.5 Å². The molecular weight excluding hydrogens is 444 g/mol. The van der Waals surface area contributed by atoms with Crippen LogP contribution in [-0.2, 0) is 17.8 Å². The van der Waals surface area contributed by atoms with Gasteiger partial charge in [0.15, 0.2) is 6.39 Å². The summed E-state index contributed by atoms with van der Waals surface area (Å²) in [5, 5.41) is 5.88. The van der Waals surface area contributed by atoms with Crippen LogP contribution in [0.2, 0.25) is 0 Å². The van der Waals surface area contributed by atoms with Crippen molar-refractivity contribution in [1.82, 2.24) is 20.5 Å². The first-order valence-electron chi connectivity index (χ1n) is 11.7. The second-order valence-corrected chi connectivity index (χ2v) is 9.59. The Balaban J connectivity index is 1.77. The third kappa shape index (κ3) is 5.42. The van der Waals surface area contributed by atoms with Crippen LogP contribution >= 0.6 is 0 Å². The Morgan fingerprint density at radius 2 is 1.94 bits per heavy atom. The number of aryl methyl sites for hydroxylation is 1. The fraction of sp³-hybridized carbons (Fsp3) is 0.333. The highest BCUT2D eigenvalue weighted by molar-refractivity contribution is 5.98. The summed E-state index contributed by atoms with van der Waals surface area (Å²) in [5.74, 6) is -0.958. The van der Waals surface area contributed by atoms with E-state index in [2.05, 4.69) is 15.6 Å². The Hall–Kier alpha value is -3.94. The molecule has 1 unspecified atom stereocenters. The zero-order valence-electron chi connectivity index (χ0n) is 20.2. The van der Waals surface area contributed by atoms with Gasteiger partial charge in [0, 0.05) is 24.2 Å². The van der Waals surface area contributed by atoms with Gasteiger partial charge in [-0.2, -0.15) is 0 Å². The minimum atomic E-state index is -1.00. The third-order valence-electron chi connectivity index (χ3n) is 6.00. The lowest BCUT2D eigenvalue weighted by Gasteiger charge is -2.40. The summed E-state index contributed by atoms with van der Waals surface area (Å²) in [6.45, 7) is 6.47. The molecule has 0 fully saturated rings. The summed E-state index contributed by atoms with van der Waals surface area (Å²) < 4.78 is 5.29. The predicted molar refractivity (Wildman–Crippen MR) is 131 cm³/mol. The molecular formula is C27H30N4O4. The normalized spacial score (nSPS) is 14.3. The number of benzene rings is 2. The number of aromatic nitrogens is 1. The summed E-state index contributed by atoms with van der Waals surface area (Å²) in [4.78, 5) is 45.4. The molecule has 1 aliphatic rings.